The number of hydrogen-bond acceptors (Lipinski definition) is 11. The fourth-order valence-corrected chi connectivity index (χ4v) is 4.34. The van der Waals surface area contributed by atoms with Crippen LogP contribution in [0.5, 0.6) is 0 Å². The van der Waals surface area contributed by atoms with Gasteiger partial charge in [0.25, 0.3) is 0 Å². The monoisotopic (exact) mass is 584 g/mol. The molecule has 0 aromatic rings. The minimum absolute atomic E-state index is 0.0246. The van der Waals surface area contributed by atoms with Gasteiger partial charge in [-0.1, -0.05) is 25.7 Å². The minimum Gasteiger partial charge on any atom is -0.480 e. The van der Waals surface area contributed by atoms with Crippen LogP contribution in [0.1, 0.15) is 26.7 Å². The van der Waals surface area contributed by atoms with E-state index in [4.69, 9.17) is 9.47 Å². The van der Waals surface area contributed by atoms with Crippen molar-refractivity contribution in [1.29, 1.82) is 0 Å². The zero-order valence-corrected chi connectivity index (χ0v) is 24.2. The van der Waals surface area contributed by atoms with Gasteiger partial charge in [-0.25, -0.2) is 0 Å². The van der Waals surface area contributed by atoms with E-state index in [-0.39, 0.29) is 44.5 Å². The lowest BCUT2D eigenvalue weighted by molar-refractivity contribution is -0.148. The third kappa shape index (κ3) is 16.6. The molecule has 14 nitrogen and oxygen atoms in total. The normalized spacial score (nSPS) is 17.4. The van der Waals surface area contributed by atoms with Crippen LogP contribution in [0.15, 0.2) is 0 Å². The van der Waals surface area contributed by atoms with Crippen molar-refractivity contribution in [3.63, 3.8) is 0 Å². The van der Waals surface area contributed by atoms with Crippen molar-refractivity contribution < 1.29 is 48.8 Å². The Kier molecular flexibility index (Phi) is 17.2. The summed E-state index contributed by atoms with van der Waals surface area (Å²) >= 11 is 0. The van der Waals surface area contributed by atoms with Gasteiger partial charge in [0.05, 0.1) is 39.2 Å². The van der Waals surface area contributed by atoms with E-state index >= 15 is 0 Å². The molecule has 1 rings (SSSR count). The molecule has 0 amide bonds. The van der Waals surface area contributed by atoms with Crippen molar-refractivity contribution in [2.45, 2.75) is 26.7 Å². The van der Waals surface area contributed by atoms with Gasteiger partial charge < -0.3 is 24.8 Å². The van der Waals surface area contributed by atoms with Crippen LogP contribution < -0.4 is 0 Å². The Morgan fingerprint density at radius 2 is 1.12 bits per heavy atom. The highest BCUT2D eigenvalue weighted by molar-refractivity contribution is 5.74. The molecule has 1 aliphatic rings. The molecule has 1 fully saturated rings. The Hall–Kier alpha value is -3.25. The summed E-state index contributed by atoms with van der Waals surface area (Å²) in [6.07, 6.45) is 0.382. The van der Waals surface area contributed by atoms with Crippen molar-refractivity contribution in [3.05, 3.63) is 0 Å². The second-order valence-corrected chi connectivity index (χ2v) is 10.2. The summed E-state index contributed by atoms with van der Waals surface area (Å²) in [6, 6.07) is 0. The molecule has 0 bridgehead atoms. The number of carboxylic acid groups (broad SMARTS) is 3. The van der Waals surface area contributed by atoms with E-state index < -0.39 is 29.8 Å². The first-order chi connectivity index (χ1) is 19.4. The number of esters is 2. The zero-order chi connectivity index (χ0) is 30.8. The number of methoxy groups -OCH3 is 1. The molecule has 41 heavy (non-hydrogen) atoms. The van der Waals surface area contributed by atoms with Crippen molar-refractivity contribution in [1.82, 2.24) is 19.6 Å². The molecule has 232 valence electrons. The van der Waals surface area contributed by atoms with Crippen LogP contribution >= 0.6 is 0 Å². The SMILES string of the molecule is COC(=O)C(CCC(=O)OCC#CCN1CCN(CC(=O)O)CCN(CC(=O)O)CCN(CC(=O)O)CC1)C(C)C. The molecule has 1 unspecified atom stereocenters. The summed E-state index contributed by atoms with van der Waals surface area (Å²) in [5.74, 6) is 1.56. The molecule has 14 heteroatoms. The summed E-state index contributed by atoms with van der Waals surface area (Å²) < 4.78 is 9.95. The Labute approximate surface area is 241 Å². The number of aliphatic carboxylic acids is 3. The minimum atomic E-state index is -1.01. The van der Waals surface area contributed by atoms with Crippen molar-refractivity contribution in [3.8, 4) is 11.8 Å². The lowest BCUT2D eigenvalue weighted by Crippen LogP contribution is -2.48. The molecule has 0 aromatic carbocycles. The molecule has 1 saturated heterocycles. The van der Waals surface area contributed by atoms with Crippen LogP contribution in [0.25, 0.3) is 0 Å². The van der Waals surface area contributed by atoms with Gasteiger partial charge in [0.1, 0.15) is 0 Å². The predicted octanol–water partition coefficient (Wildman–Crippen LogP) is -0.766. The van der Waals surface area contributed by atoms with Crippen molar-refractivity contribution in [2.75, 3.05) is 92.3 Å². The van der Waals surface area contributed by atoms with Crippen molar-refractivity contribution in [2.24, 2.45) is 11.8 Å². The third-order valence-electron chi connectivity index (χ3n) is 6.71. The highest BCUT2D eigenvalue weighted by Gasteiger charge is 2.24. The maximum absolute atomic E-state index is 12.1. The second-order valence-electron chi connectivity index (χ2n) is 10.2. The summed E-state index contributed by atoms with van der Waals surface area (Å²) in [5, 5.41) is 27.9. The summed E-state index contributed by atoms with van der Waals surface area (Å²) in [6.45, 7) is 6.31. The zero-order valence-electron chi connectivity index (χ0n) is 24.2. The van der Waals surface area contributed by atoms with Crippen LogP contribution in [0.3, 0.4) is 0 Å². The van der Waals surface area contributed by atoms with Crippen molar-refractivity contribution >= 4 is 29.8 Å². The maximum atomic E-state index is 12.1. The van der Waals surface area contributed by atoms with Crippen LogP contribution in [0.4, 0.5) is 0 Å². The number of nitrogens with zero attached hydrogens (tertiary/aromatic N) is 4. The first-order valence-electron chi connectivity index (χ1n) is 13.6. The van der Waals surface area contributed by atoms with Gasteiger partial charge in [-0.2, -0.15) is 0 Å². The second kappa shape index (κ2) is 19.8. The van der Waals surface area contributed by atoms with Gasteiger partial charge in [-0.3, -0.25) is 43.6 Å². The van der Waals surface area contributed by atoms with E-state index in [1.165, 1.54) is 7.11 Å². The first kappa shape index (κ1) is 35.8. The fraction of sp³-hybridized carbons (Fsp3) is 0.741. The summed E-state index contributed by atoms with van der Waals surface area (Å²) in [5.41, 5.74) is 0. The summed E-state index contributed by atoms with van der Waals surface area (Å²) in [4.78, 5) is 65.1. The first-order valence-corrected chi connectivity index (χ1v) is 13.6. The predicted molar refractivity (Wildman–Crippen MR) is 147 cm³/mol. The Balaban J connectivity index is 2.78. The molecule has 0 radical (unpaired) electrons. The highest BCUT2D eigenvalue weighted by Crippen LogP contribution is 2.19. The van der Waals surface area contributed by atoms with Crippen LogP contribution in [0.2, 0.25) is 0 Å². The third-order valence-corrected chi connectivity index (χ3v) is 6.71. The molecule has 0 aliphatic carbocycles. The molecule has 1 atom stereocenters. The number of carboxylic acids is 3. The number of ether oxygens (including phenoxy) is 2. The molecule has 0 spiro atoms. The largest absolute Gasteiger partial charge is 0.480 e. The van der Waals surface area contributed by atoms with Crippen LogP contribution in [-0.2, 0) is 33.4 Å². The van der Waals surface area contributed by atoms with E-state index in [1.807, 2.05) is 18.7 Å². The van der Waals surface area contributed by atoms with Crippen LogP contribution in [-0.4, -0.2) is 157 Å². The molecular formula is C27H44N4O10. The number of carbonyl (C=O) groups excluding carboxylic acids is 2. The van der Waals surface area contributed by atoms with Gasteiger partial charge in [-0.15, -0.1) is 0 Å². The number of rotatable bonds is 13. The average Bonchev–Trinajstić information content (AvgIpc) is 2.88. The summed E-state index contributed by atoms with van der Waals surface area (Å²) in [7, 11) is 1.31. The quantitative estimate of drug-likeness (QED) is 0.182. The standard InChI is InChI=1S/C27H44N4O10/c1-21(2)22(27(39)40-3)6-7-26(38)41-17-5-4-8-28-9-11-29(18-23(32)33)13-15-31(20-25(36)37)16-14-30(12-10-28)19-24(34)35/h21-22H,6-20H2,1-3H3,(H,32,33)(H,34,35)(H,36,37). The van der Waals surface area contributed by atoms with E-state index in [1.54, 1.807) is 14.7 Å². The Morgan fingerprint density at radius 3 is 1.49 bits per heavy atom. The molecule has 1 aliphatic heterocycles. The van der Waals surface area contributed by atoms with Gasteiger partial charge >= 0.3 is 29.8 Å². The number of carbonyl (C=O) groups is 5. The van der Waals surface area contributed by atoms with E-state index in [9.17, 15) is 39.3 Å². The smallest absolute Gasteiger partial charge is 0.317 e. The lowest BCUT2D eigenvalue weighted by Gasteiger charge is -2.32. The van der Waals surface area contributed by atoms with Gasteiger partial charge in [-0.05, 0) is 12.3 Å². The van der Waals surface area contributed by atoms with Gasteiger partial charge in [0.2, 0.25) is 0 Å². The average molecular weight is 585 g/mol. The fourth-order valence-electron chi connectivity index (χ4n) is 4.34. The van der Waals surface area contributed by atoms with E-state index in [0.717, 1.165) is 0 Å². The lowest BCUT2D eigenvalue weighted by atomic mass is 9.91. The van der Waals surface area contributed by atoms with Gasteiger partial charge in [0, 0.05) is 58.8 Å². The van der Waals surface area contributed by atoms with Gasteiger partial charge in [0.15, 0.2) is 6.61 Å². The molecule has 0 aromatic heterocycles. The molecular weight excluding hydrogens is 540 g/mol. The van der Waals surface area contributed by atoms with E-state index in [0.29, 0.717) is 65.3 Å². The number of hydrogen-bond donors (Lipinski definition) is 3. The molecule has 1 heterocycles. The van der Waals surface area contributed by atoms with Crippen LogP contribution in [0, 0.1) is 23.7 Å². The molecule has 0 saturated carbocycles. The van der Waals surface area contributed by atoms with E-state index in [2.05, 4.69) is 11.8 Å². The maximum Gasteiger partial charge on any atom is 0.317 e. The highest BCUT2D eigenvalue weighted by atomic mass is 16.5. The molecule has 3 N–H and O–H groups in total. The Bertz CT molecular complexity index is 901. The topological polar surface area (TPSA) is 177 Å². The Morgan fingerprint density at radius 1 is 0.707 bits per heavy atom.